The Hall–Kier alpha value is -2.11. The Morgan fingerprint density at radius 1 is 1.36 bits per heavy atom. The number of fused-ring (bicyclic) bond motifs is 2. The minimum atomic E-state index is -0.900. The summed E-state index contributed by atoms with van der Waals surface area (Å²) >= 11 is 1.72. The van der Waals surface area contributed by atoms with E-state index in [4.69, 9.17) is 4.74 Å². The number of nitrogens with zero attached hydrogens (tertiary/aromatic N) is 1. The van der Waals surface area contributed by atoms with Crippen LogP contribution in [-0.4, -0.2) is 36.6 Å². The number of thiophene rings is 1. The van der Waals surface area contributed by atoms with Gasteiger partial charge < -0.3 is 14.7 Å². The Labute approximate surface area is 171 Å². The molecule has 0 bridgehead atoms. The van der Waals surface area contributed by atoms with Gasteiger partial charge in [-0.15, -0.1) is 11.3 Å². The smallest absolute Gasteiger partial charge is 0.313 e. The third kappa shape index (κ3) is 4.01. The van der Waals surface area contributed by atoms with Gasteiger partial charge in [0.25, 0.3) is 0 Å². The van der Waals surface area contributed by atoms with Gasteiger partial charge in [0, 0.05) is 22.5 Å². The van der Waals surface area contributed by atoms with E-state index in [1.807, 2.05) is 32.0 Å². The molecule has 0 saturated heterocycles. The molecule has 1 N–H and O–H groups in total. The van der Waals surface area contributed by atoms with Gasteiger partial charge in [0.2, 0.25) is 0 Å². The number of carbonyl (C=O) groups is 1. The number of hydrogen-bond donors (Lipinski definition) is 1. The molecule has 150 valence electrons. The van der Waals surface area contributed by atoms with Crippen molar-refractivity contribution in [2.75, 3.05) is 20.6 Å². The topological polar surface area (TPSA) is 49.8 Å². The maximum absolute atomic E-state index is 12.1. The number of rotatable bonds is 7. The Kier molecular flexibility index (Phi) is 6.26. The Bertz CT molecular complexity index is 884. The lowest BCUT2D eigenvalue weighted by molar-refractivity contribution is -0.143. The van der Waals surface area contributed by atoms with Crippen molar-refractivity contribution >= 4 is 22.9 Å². The van der Waals surface area contributed by atoms with Crippen LogP contribution in [0.4, 0.5) is 0 Å². The Balaban J connectivity index is 2.12. The number of aliphatic carboxylic acids is 1. The van der Waals surface area contributed by atoms with Crippen molar-refractivity contribution in [3.05, 3.63) is 57.3 Å². The molecule has 28 heavy (non-hydrogen) atoms. The normalized spacial score (nSPS) is 16.8. The summed E-state index contributed by atoms with van der Waals surface area (Å²) in [6.07, 6.45) is 4.61. The van der Waals surface area contributed by atoms with Crippen LogP contribution in [0.3, 0.4) is 0 Å². The van der Waals surface area contributed by atoms with Crippen LogP contribution in [0.5, 0.6) is 5.75 Å². The number of hydrogen-bond acceptors (Lipinski definition) is 4. The molecule has 5 heteroatoms. The van der Waals surface area contributed by atoms with E-state index in [1.165, 1.54) is 10.4 Å². The average Bonchev–Trinajstić information content (AvgIpc) is 3.06. The molecular formula is C23H29NO3S. The predicted octanol–water partition coefficient (Wildman–Crippen LogP) is 5.17. The summed E-state index contributed by atoms with van der Waals surface area (Å²) in [6.45, 7) is 5.35. The number of carboxylic acid groups (broad SMARTS) is 1. The van der Waals surface area contributed by atoms with E-state index in [0.717, 1.165) is 41.8 Å². The first-order valence-corrected chi connectivity index (χ1v) is 10.7. The fourth-order valence-electron chi connectivity index (χ4n) is 3.72. The lowest BCUT2D eigenvalue weighted by Gasteiger charge is -2.26. The molecule has 3 rings (SSSR count). The maximum atomic E-state index is 12.1. The molecule has 2 heterocycles. The fraction of sp³-hybridized carbons (Fsp3) is 0.435. The molecule has 4 nitrogen and oxygen atoms in total. The van der Waals surface area contributed by atoms with Crippen molar-refractivity contribution in [3.63, 3.8) is 0 Å². The molecule has 0 fully saturated rings. The molecule has 1 atom stereocenters. The van der Waals surface area contributed by atoms with Crippen LogP contribution < -0.4 is 4.74 Å². The van der Waals surface area contributed by atoms with Crippen LogP contribution in [-0.2, 0) is 16.8 Å². The van der Waals surface area contributed by atoms with Crippen molar-refractivity contribution in [2.45, 2.75) is 45.1 Å². The second kappa shape index (κ2) is 8.50. The van der Waals surface area contributed by atoms with Gasteiger partial charge >= 0.3 is 5.97 Å². The van der Waals surface area contributed by atoms with E-state index in [2.05, 4.69) is 36.5 Å². The van der Waals surface area contributed by atoms with E-state index in [0.29, 0.717) is 13.0 Å². The molecule has 0 spiro atoms. The van der Waals surface area contributed by atoms with Crippen molar-refractivity contribution in [2.24, 2.45) is 0 Å². The highest BCUT2D eigenvalue weighted by atomic mass is 32.1. The minimum Gasteiger partial charge on any atom is -0.488 e. The largest absolute Gasteiger partial charge is 0.488 e. The van der Waals surface area contributed by atoms with Crippen LogP contribution in [0.2, 0.25) is 0 Å². The van der Waals surface area contributed by atoms with E-state index in [9.17, 15) is 9.90 Å². The molecule has 0 amide bonds. The van der Waals surface area contributed by atoms with E-state index in [-0.39, 0.29) is 0 Å². The molecule has 1 aliphatic rings. The molecule has 0 radical (unpaired) electrons. The standard InChI is InChI=1S/C23H29NO3S/c1-5-11-23(2,22(25)26)17-8-9-20-19(14-17)18(7-6-12-24(3)4)21-16(15-27-20)10-13-28-21/h7-10,13-14H,5-6,11-12,15H2,1-4H3,(H,25,26)/b18-7-. The summed E-state index contributed by atoms with van der Waals surface area (Å²) in [6, 6.07) is 8.01. The zero-order valence-corrected chi connectivity index (χ0v) is 17.9. The first kappa shape index (κ1) is 20.6. The molecule has 1 aromatic carbocycles. The summed E-state index contributed by atoms with van der Waals surface area (Å²) in [7, 11) is 4.14. The van der Waals surface area contributed by atoms with Gasteiger partial charge in [-0.05, 0) is 68.6 Å². The summed E-state index contributed by atoms with van der Waals surface area (Å²) < 4.78 is 6.09. The highest BCUT2D eigenvalue weighted by Gasteiger charge is 2.35. The van der Waals surface area contributed by atoms with Gasteiger partial charge in [-0.2, -0.15) is 0 Å². The second-order valence-corrected chi connectivity index (χ2v) is 8.79. The van der Waals surface area contributed by atoms with Crippen LogP contribution in [0, 0.1) is 0 Å². The Morgan fingerprint density at radius 3 is 2.82 bits per heavy atom. The fourth-order valence-corrected chi connectivity index (χ4v) is 4.68. The highest BCUT2D eigenvalue weighted by molar-refractivity contribution is 7.11. The summed E-state index contributed by atoms with van der Waals surface area (Å²) in [5.74, 6) is 0.0475. The molecular weight excluding hydrogens is 370 g/mol. The van der Waals surface area contributed by atoms with E-state index in [1.54, 1.807) is 11.3 Å². The lowest BCUT2D eigenvalue weighted by Crippen LogP contribution is -2.32. The van der Waals surface area contributed by atoms with Crippen molar-refractivity contribution < 1.29 is 14.6 Å². The molecule has 2 aromatic rings. The minimum absolute atomic E-state index is 0.543. The van der Waals surface area contributed by atoms with Gasteiger partial charge in [0.05, 0.1) is 5.41 Å². The summed E-state index contributed by atoms with van der Waals surface area (Å²) in [5.41, 5.74) is 3.28. The molecule has 0 saturated carbocycles. The number of benzene rings is 1. The van der Waals surface area contributed by atoms with Crippen LogP contribution >= 0.6 is 11.3 Å². The third-order valence-electron chi connectivity index (χ3n) is 5.43. The van der Waals surface area contributed by atoms with Crippen LogP contribution in [0.1, 0.15) is 54.7 Å². The van der Waals surface area contributed by atoms with Gasteiger partial charge in [0.1, 0.15) is 12.4 Å². The summed E-state index contributed by atoms with van der Waals surface area (Å²) in [5, 5.41) is 12.0. The maximum Gasteiger partial charge on any atom is 0.313 e. The van der Waals surface area contributed by atoms with Gasteiger partial charge in [-0.25, -0.2) is 0 Å². The average molecular weight is 400 g/mol. The highest BCUT2D eigenvalue weighted by Crippen LogP contribution is 2.42. The number of carboxylic acids is 1. The molecule has 1 aliphatic heterocycles. The van der Waals surface area contributed by atoms with Gasteiger partial charge in [-0.1, -0.05) is 25.5 Å². The summed E-state index contributed by atoms with van der Waals surface area (Å²) in [4.78, 5) is 15.5. The third-order valence-corrected chi connectivity index (χ3v) is 6.42. The number of ether oxygens (including phenoxy) is 1. The van der Waals surface area contributed by atoms with Crippen molar-refractivity contribution in [3.8, 4) is 5.75 Å². The van der Waals surface area contributed by atoms with Crippen LogP contribution in [0.15, 0.2) is 35.7 Å². The SMILES string of the molecule is CCCC(C)(C(=O)O)c1ccc2c(c1)/C(=C/CCN(C)C)c1sccc1CO2. The van der Waals surface area contributed by atoms with Gasteiger partial charge in [0.15, 0.2) is 0 Å². The van der Waals surface area contributed by atoms with Crippen molar-refractivity contribution in [1.29, 1.82) is 0 Å². The van der Waals surface area contributed by atoms with Crippen LogP contribution in [0.25, 0.3) is 5.57 Å². The monoisotopic (exact) mass is 399 g/mol. The van der Waals surface area contributed by atoms with E-state index < -0.39 is 11.4 Å². The first-order valence-electron chi connectivity index (χ1n) is 9.79. The van der Waals surface area contributed by atoms with Crippen molar-refractivity contribution in [1.82, 2.24) is 4.90 Å². The molecule has 1 aromatic heterocycles. The molecule has 0 aliphatic carbocycles. The van der Waals surface area contributed by atoms with E-state index >= 15 is 0 Å². The zero-order chi connectivity index (χ0) is 20.3. The zero-order valence-electron chi connectivity index (χ0n) is 17.1. The molecule has 1 unspecified atom stereocenters. The predicted molar refractivity (Wildman–Crippen MR) is 115 cm³/mol. The second-order valence-electron chi connectivity index (χ2n) is 7.87. The Morgan fingerprint density at radius 2 is 2.14 bits per heavy atom. The lowest BCUT2D eigenvalue weighted by atomic mass is 9.77. The van der Waals surface area contributed by atoms with Gasteiger partial charge in [-0.3, -0.25) is 4.79 Å². The quantitative estimate of drug-likeness (QED) is 0.698. The first-order chi connectivity index (χ1) is 13.4.